The molecule has 1 fully saturated rings. The Hall–Kier alpha value is -1.06. The van der Waals surface area contributed by atoms with Gasteiger partial charge in [-0.2, -0.15) is 0 Å². The number of anilines is 1. The zero-order valence-electron chi connectivity index (χ0n) is 11.3. The molecular formula is C15H20ClNO2. The fourth-order valence-corrected chi connectivity index (χ4v) is 2.67. The molecule has 1 aromatic carbocycles. The van der Waals surface area contributed by atoms with Crippen LogP contribution in [0.25, 0.3) is 0 Å². The molecule has 1 unspecified atom stereocenters. The quantitative estimate of drug-likeness (QED) is 0.773. The van der Waals surface area contributed by atoms with E-state index in [9.17, 15) is 4.79 Å². The van der Waals surface area contributed by atoms with Crippen molar-refractivity contribution in [3.63, 3.8) is 0 Å². The van der Waals surface area contributed by atoms with E-state index >= 15 is 0 Å². The maximum absolute atomic E-state index is 11.2. The number of benzene rings is 1. The van der Waals surface area contributed by atoms with E-state index in [1.807, 2.05) is 12.1 Å². The fourth-order valence-electron chi connectivity index (χ4n) is 2.49. The molecular weight excluding hydrogens is 262 g/mol. The van der Waals surface area contributed by atoms with Gasteiger partial charge in [0, 0.05) is 36.0 Å². The summed E-state index contributed by atoms with van der Waals surface area (Å²) in [6.07, 6.45) is 4.37. The molecule has 2 rings (SSSR count). The molecule has 1 aromatic rings. The van der Waals surface area contributed by atoms with Gasteiger partial charge in [-0.15, -0.1) is 0 Å². The highest BCUT2D eigenvalue weighted by Crippen LogP contribution is 2.26. The van der Waals surface area contributed by atoms with Gasteiger partial charge in [0.05, 0.1) is 6.10 Å². The molecule has 0 bridgehead atoms. The van der Waals surface area contributed by atoms with Crippen LogP contribution in [0.2, 0.25) is 5.02 Å². The molecule has 1 aliphatic rings. The lowest BCUT2D eigenvalue weighted by Gasteiger charge is -2.35. The summed E-state index contributed by atoms with van der Waals surface area (Å²) in [5.74, 6) is 0. The van der Waals surface area contributed by atoms with Gasteiger partial charge in [-0.1, -0.05) is 18.5 Å². The van der Waals surface area contributed by atoms with Crippen LogP contribution in [0.3, 0.4) is 0 Å². The van der Waals surface area contributed by atoms with Gasteiger partial charge < -0.3 is 9.64 Å². The molecule has 1 atom stereocenters. The smallest absolute Gasteiger partial charge is 0.152 e. The van der Waals surface area contributed by atoms with Gasteiger partial charge >= 0.3 is 0 Å². The van der Waals surface area contributed by atoms with Crippen LogP contribution in [0.5, 0.6) is 0 Å². The molecule has 0 amide bonds. The van der Waals surface area contributed by atoms with Crippen LogP contribution in [-0.2, 0) is 4.74 Å². The molecule has 0 spiro atoms. The normalized spacial score (nSPS) is 19.5. The van der Waals surface area contributed by atoms with Gasteiger partial charge in [0.15, 0.2) is 6.29 Å². The zero-order chi connectivity index (χ0) is 13.7. The Kier molecular flexibility index (Phi) is 5.23. The van der Waals surface area contributed by atoms with Gasteiger partial charge in [0.1, 0.15) is 0 Å². The van der Waals surface area contributed by atoms with Crippen molar-refractivity contribution >= 4 is 23.6 Å². The molecule has 0 aromatic heterocycles. The van der Waals surface area contributed by atoms with Crippen LogP contribution in [0.1, 0.15) is 36.5 Å². The van der Waals surface area contributed by atoms with E-state index in [4.69, 9.17) is 16.3 Å². The number of aldehydes is 1. The van der Waals surface area contributed by atoms with Crippen molar-refractivity contribution in [3.8, 4) is 0 Å². The minimum absolute atomic E-state index is 0.267. The van der Waals surface area contributed by atoms with E-state index in [1.165, 1.54) is 0 Å². The van der Waals surface area contributed by atoms with Crippen molar-refractivity contribution in [3.05, 3.63) is 28.8 Å². The van der Waals surface area contributed by atoms with Crippen LogP contribution in [0.4, 0.5) is 5.69 Å². The van der Waals surface area contributed by atoms with Crippen molar-refractivity contribution in [2.75, 3.05) is 24.6 Å². The summed E-state index contributed by atoms with van der Waals surface area (Å²) >= 11 is 5.93. The molecule has 4 heteroatoms. The molecule has 19 heavy (non-hydrogen) atoms. The largest absolute Gasteiger partial charge is 0.376 e. The average Bonchev–Trinajstić information content (AvgIpc) is 2.45. The fraction of sp³-hybridized carbons (Fsp3) is 0.533. The molecule has 3 nitrogen and oxygen atoms in total. The van der Waals surface area contributed by atoms with Crippen molar-refractivity contribution in [1.82, 2.24) is 0 Å². The Bertz CT molecular complexity index is 436. The highest BCUT2D eigenvalue weighted by atomic mass is 35.5. The summed E-state index contributed by atoms with van der Waals surface area (Å²) in [4.78, 5) is 13.4. The summed E-state index contributed by atoms with van der Waals surface area (Å²) in [6.45, 7) is 4.74. The van der Waals surface area contributed by atoms with Crippen molar-refractivity contribution < 1.29 is 9.53 Å². The lowest BCUT2D eigenvalue weighted by atomic mass is 10.1. The third-order valence-electron chi connectivity index (χ3n) is 3.39. The van der Waals surface area contributed by atoms with Crippen LogP contribution >= 0.6 is 11.6 Å². The maximum Gasteiger partial charge on any atom is 0.152 e. The molecule has 1 heterocycles. The van der Waals surface area contributed by atoms with E-state index in [0.717, 1.165) is 50.9 Å². The Labute approximate surface area is 119 Å². The second-order valence-corrected chi connectivity index (χ2v) is 5.34. The maximum atomic E-state index is 11.2. The molecule has 104 valence electrons. The first-order valence-electron chi connectivity index (χ1n) is 6.86. The van der Waals surface area contributed by atoms with E-state index in [2.05, 4.69) is 11.8 Å². The third kappa shape index (κ3) is 3.71. The predicted molar refractivity (Wildman–Crippen MR) is 78.3 cm³/mol. The highest BCUT2D eigenvalue weighted by Gasteiger charge is 2.22. The average molecular weight is 282 g/mol. The Morgan fingerprint density at radius 3 is 3.11 bits per heavy atom. The van der Waals surface area contributed by atoms with Gasteiger partial charge in [0.25, 0.3) is 0 Å². The first-order chi connectivity index (χ1) is 9.24. The van der Waals surface area contributed by atoms with E-state index in [0.29, 0.717) is 10.6 Å². The lowest BCUT2D eigenvalue weighted by molar-refractivity contribution is 0.0440. The van der Waals surface area contributed by atoms with Crippen molar-refractivity contribution in [1.29, 1.82) is 0 Å². The number of carbonyl (C=O) groups is 1. The second-order valence-electron chi connectivity index (χ2n) is 4.90. The third-order valence-corrected chi connectivity index (χ3v) is 3.63. The lowest BCUT2D eigenvalue weighted by Crippen LogP contribution is -2.40. The van der Waals surface area contributed by atoms with Crippen LogP contribution in [0.15, 0.2) is 18.2 Å². The first-order valence-corrected chi connectivity index (χ1v) is 7.23. The van der Waals surface area contributed by atoms with Gasteiger partial charge in [0.2, 0.25) is 0 Å². The molecule has 1 saturated heterocycles. The minimum atomic E-state index is 0.267. The Morgan fingerprint density at radius 2 is 2.37 bits per heavy atom. The summed E-state index contributed by atoms with van der Waals surface area (Å²) in [6, 6.07) is 5.48. The summed E-state index contributed by atoms with van der Waals surface area (Å²) in [7, 11) is 0. The van der Waals surface area contributed by atoms with Gasteiger partial charge in [-0.3, -0.25) is 4.79 Å². The number of nitrogens with zero attached hydrogens (tertiary/aromatic N) is 1. The highest BCUT2D eigenvalue weighted by molar-refractivity contribution is 6.31. The number of halogens is 1. The molecule has 0 radical (unpaired) electrons. The standard InChI is InChI=1S/C15H20ClNO2/c1-2-8-19-14-4-3-7-17(10-14)15-6-5-13(16)9-12(15)11-18/h5-6,9,11,14H,2-4,7-8,10H2,1H3. The van der Waals surface area contributed by atoms with Gasteiger partial charge in [-0.25, -0.2) is 0 Å². The van der Waals surface area contributed by atoms with Crippen LogP contribution < -0.4 is 4.90 Å². The van der Waals surface area contributed by atoms with Crippen LogP contribution in [0, 0.1) is 0 Å². The zero-order valence-corrected chi connectivity index (χ0v) is 12.0. The number of ether oxygens (including phenoxy) is 1. The molecule has 0 aliphatic carbocycles. The summed E-state index contributed by atoms with van der Waals surface area (Å²) < 4.78 is 5.83. The topological polar surface area (TPSA) is 29.5 Å². The van der Waals surface area contributed by atoms with Gasteiger partial charge in [-0.05, 0) is 37.5 Å². The SMILES string of the molecule is CCCOC1CCCN(c2ccc(Cl)cc2C=O)C1. The number of hydrogen-bond acceptors (Lipinski definition) is 3. The Balaban J connectivity index is 2.10. The van der Waals surface area contributed by atoms with E-state index in [1.54, 1.807) is 6.07 Å². The summed E-state index contributed by atoms with van der Waals surface area (Å²) in [5, 5.41) is 0.599. The van der Waals surface area contributed by atoms with E-state index in [-0.39, 0.29) is 6.10 Å². The molecule has 0 N–H and O–H groups in total. The number of piperidine rings is 1. The number of hydrogen-bond donors (Lipinski definition) is 0. The van der Waals surface area contributed by atoms with Crippen molar-refractivity contribution in [2.24, 2.45) is 0 Å². The second kappa shape index (κ2) is 6.92. The monoisotopic (exact) mass is 281 g/mol. The number of carbonyl (C=O) groups excluding carboxylic acids is 1. The molecule has 1 aliphatic heterocycles. The van der Waals surface area contributed by atoms with E-state index < -0.39 is 0 Å². The number of rotatable bonds is 5. The Morgan fingerprint density at radius 1 is 1.53 bits per heavy atom. The predicted octanol–water partition coefficient (Wildman–Crippen LogP) is 3.55. The van der Waals surface area contributed by atoms with Crippen LogP contribution in [-0.4, -0.2) is 32.1 Å². The summed E-state index contributed by atoms with van der Waals surface area (Å²) in [5.41, 5.74) is 1.62. The minimum Gasteiger partial charge on any atom is -0.376 e. The molecule has 0 saturated carbocycles. The first kappa shape index (κ1) is 14.4. The van der Waals surface area contributed by atoms with Crippen molar-refractivity contribution in [2.45, 2.75) is 32.3 Å².